The molecule has 0 spiro atoms. The number of nitrogens with one attached hydrogen (secondary N) is 2. The lowest BCUT2D eigenvalue weighted by Crippen LogP contribution is -3.00. The van der Waals surface area contributed by atoms with Gasteiger partial charge >= 0.3 is 0 Å². The van der Waals surface area contributed by atoms with Crippen LogP contribution in [0.1, 0.15) is 11.7 Å². The van der Waals surface area contributed by atoms with Crippen LogP contribution in [0.5, 0.6) is 11.5 Å². The van der Waals surface area contributed by atoms with Crippen LogP contribution < -0.4 is 38.0 Å². The zero-order valence-corrected chi connectivity index (χ0v) is 11.0. The van der Waals surface area contributed by atoms with E-state index in [-0.39, 0.29) is 24.5 Å². The summed E-state index contributed by atoms with van der Waals surface area (Å²) >= 11 is 0. The standard InChI is InChI=1S/C11H15N3O3.ClH/c1-16-8-4-3-7(5-9(8)17-2)11-12-6-10(15)13-14-11;/h3-5,11-12,14H,6H2,1-2H3,(H,13,15);1H. The smallest absolute Gasteiger partial charge is 0.279 e. The van der Waals surface area contributed by atoms with Gasteiger partial charge in [0.05, 0.1) is 20.8 Å². The van der Waals surface area contributed by atoms with E-state index in [1.165, 1.54) is 0 Å². The SMILES string of the molecule is COc1ccc(C2NCC(=O)N[NH2+]2)cc1OC.[Cl-]. The number of rotatable bonds is 3. The number of amides is 1. The van der Waals surface area contributed by atoms with Gasteiger partial charge in [0.15, 0.2) is 17.7 Å². The minimum absolute atomic E-state index is 0. The van der Waals surface area contributed by atoms with Crippen LogP contribution in [-0.2, 0) is 4.79 Å². The summed E-state index contributed by atoms with van der Waals surface area (Å²) in [6.45, 7) is 0.315. The Morgan fingerprint density at radius 2 is 2.00 bits per heavy atom. The Kier molecular flexibility index (Phi) is 5.21. The lowest BCUT2D eigenvalue weighted by Gasteiger charge is -2.22. The topological polar surface area (TPSA) is 76.2 Å². The molecule has 1 amide bonds. The lowest BCUT2D eigenvalue weighted by atomic mass is 10.1. The summed E-state index contributed by atoms with van der Waals surface area (Å²) in [7, 11) is 3.20. The summed E-state index contributed by atoms with van der Waals surface area (Å²) in [5.74, 6) is 1.34. The molecule has 1 aromatic carbocycles. The second-order valence-corrected chi connectivity index (χ2v) is 3.71. The largest absolute Gasteiger partial charge is 1.00 e. The summed E-state index contributed by atoms with van der Waals surface area (Å²) < 4.78 is 10.4. The number of nitrogens with two attached hydrogens (primary N) is 1. The van der Waals surface area contributed by atoms with E-state index in [1.807, 2.05) is 18.2 Å². The van der Waals surface area contributed by atoms with Crippen molar-refractivity contribution >= 4 is 5.91 Å². The predicted octanol–water partition coefficient (Wildman–Crippen LogP) is -4.10. The lowest BCUT2D eigenvalue weighted by molar-refractivity contribution is -0.746. The van der Waals surface area contributed by atoms with Crippen molar-refractivity contribution in [1.82, 2.24) is 10.7 Å². The predicted molar refractivity (Wildman–Crippen MR) is 60.4 cm³/mol. The highest BCUT2D eigenvalue weighted by atomic mass is 35.5. The van der Waals surface area contributed by atoms with Gasteiger partial charge in [0.2, 0.25) is 0 Å². The third-order valence-corrected chi connectivity index (χ3v) is 2.66. The minimum Gasteiger partial charge on any atom is -1.00 e. The van der Waals surface area contributed by atoms with Gasteiger partial charge < -0.3 is 21.9 Å². The summed E-state index contributed by atoms with van der Waals surface area (Å²) in [5.41, 5.74) is 5.44. The Morgan fingerprint density at radius 3 is 2.56 bits per heavy atom. The maximum absolute atomic E-state index is 11.0. The van der Waals surface area contributed by atoms with Crippen molar-refractivity contribution in [1.29, 1.82) is 0 Å². The molecule has 6 nitrogen and oxygen atoms in total. The molecule has 2 rings (SSSR count). The number of hydrogen-bond donors (Lipinski definition) is 3. The second kappa shape index (κ2) is 6.44. The Balaban J connectivity index is 0.00000162. The monoisotopic (exact) mass is 273 g/mol. The maximum Gasteiger partial charge on any atom is 0.279 e. The first kappa shape index (κ1) is 14.6. The van der Waals surface area contributed by atoms with Gasteiger partial charge in [0, 0.05) is 5.56 Å². The van der Waals surface area contributed by atoms with Crippen molar-refractivity contribution in [3.8, 4) is 11.5 Å². The Bertz CT molecular complexity index is 418. The first-order valence-corrected chi connectivity index (χ1v) is 5.32. The van der Waals surface area contributed by atoms with Gasteiger partial charge in [-0.2, -0.15) is 0 Å². The highest BCUT2D eigenvalue weighted by molar-refractivity contribution is 5.77. The summed E-state index contributed by atoms with van der Waals surface area (Å²) in [6.07, 6.45) is -0.00694. The molecule has 1 atom stereocenters. The van der Waals surface area contributed by atoms with Crippen molar-refractivity contribution in [2.45, 2.75) is 6.17 Å². The normalized spacial score (nSPS) is 18.6. The van der Waals surface area contributed by atoms with E-state index in [4.69, 9.17) is 9.47 Å². The third-order valence-electron chi connectivity index (χ3n) is 2.66. The Labute approximate surface area is 111 Å². The van der Waals surface area contributed by atoms with Gasteiger partial charge in [-0.3, -0.25) is 10.1 Å². The average molecular weight is 274 g/mol. The van der Waals surface area contributed by atoms with Crippen LogP contribution in [0.3, 0.4) is 0 Å². The molecule has 1 aliphatic rings. The number of ether oxygens (including phenoxy) is 2. The van der Waals surface area contributed by atoms with Gasteiger partial charge in [-0.15, -0.1) is 0 Å². The van der Waals surface area contributed by atoms with E-state index in [9.17, 15) is 4.79 Å². The molecule has 1 fully saturated rings. The molecular formula is C11H16ClN3O3. The minimum atomic E-state index is -0.0262. The van der Waals surface area contributed by atoms with Crippen LogP contribution in [0.25, 0.3) is 0 Å². The van der Waals surface area contributed by atoms with Crippen molar-refractivity contribution in [3.63, 3.8) is 0 Å². The number of carbonyl (C=O) groups is 1. The Hall–Kier alpha value is -1.50. The second-order valence-electron chi connectivity index (χ2n) is 3.71. The number of carbonyl (C=O) groups excluding carboxylic acids is 1. The molecule has 100 valence electrons. The van der Waals surface area contributed by atoms with Crippen molar-refractivity contribution in [2.75, 3.05) is 20.8 Å². The van der Waals surface area contributed by atoms with Crippen molar-refractivity contribution in [2.24, 2.45) is 0 Å². The van der Waals surface area contributed by atoms with E-state index in [2.05, 4.69) is 10.7 Å². The maximum atomic E-state index is 11.0. The summed E-state index contributed by atoms with van der Waals surface area (Å²) in [5, 5.41) is 3.11. The average Bonchev–Trinajstić information content (AvgIpc) is 2.39. The quantitative estimate of drug-likeness (QED) is 0.387. The fourth-order valence-corrected chi connectivity index (χ4v) is 1.75. The van der Waals surface area contributed by atoms with Gasteiger partial charge in [0.25, 0.3) is 5.91 Å². The summed E-state index contributed by atoms with van der Waals surface area (Å²) in [4.78, 5) is 11.0. The van der Waals surface area contributed by atoms with Gasteiger partial charge in [-0.05, 0) is 18.2 Å². The van der Waals surface area contributed by atoms with Crippen LogP contribution in [0.4, 0.5) is 0 Å². The number of halogens is 1. The Morgan fingerprint density at radius 1 is 1.28 bits per heavy atom. The molecule has 1 saturated heterocycles. The zero-order chi connectivity index (χ0) is 12.3. The molecule has 1 aliphatic heterocycles. The molecule has 0 aromatic heterocycles. The fraction of sp³-hybridized carbons (Fsp3) is 0.364. The number of hydrogen-bond acceptors (Lipinski definition) is 4. The van der Waals surface area contributed by atoms with E-state index in [0.29, 0.717) is 18.0 Å². The highest BCUT2D eigenvalue weighted by Crippen LogP contribution is 2.28. The first-order valence-electron chi connectivity index (χ1n) is 5.32. The molecule has 1 aromatic rings. The molecular weight excluding hydrogens is 258 g/mol. The van der Waals surface area contributed by atoms with E-state index < -0.39 is 0 Å². The number of quaternary nitrogens is 1. The number of benzene rings is 1. The molecule has 0 bridgehead atoms. The molecule has 0 saturated carbocycles. The van der Waals surface area contributed by atoms with Crippen LogP contribution >= 0.6 is 0 Å². The van der Waals surface area contributed by atoms with Crippen LogP contribution in [0.2, 0.25) is 0 Å². The van der Waals surface area contributed by atoms with E-state index >= 15 is 0 Å². The fourth-order valence-electron chi connectivity index (χ4n) is 1.75. The van der Waals surface area contributed by atoms with Crippen molar-refractivity contribution < 1.29 is 32.1 Å². The zero-order valence-electron chi connectivity index (χ0n) is 10.2. The molecule has 1 heterocycles. The summed E-state index contributed by atoms with van der Waals surface area (Å²) in [6, 6.07) is 5.68. The molecule has 0 radical (unpaired) electrons. The molecule has 4 N–H and O–H groups in total. The van der Waals surface area contributed by atoms with E-state index in [1.54, 1.807) is 19.6 Å². The van der Waals surface area contributed by atoms with Gasteiger partial charge in [-0.1, -0.05) is 0 Å². The molecule has 7 heteroatoms. The third kappa shape index (κ3) is 3.04. The molecule has 0 aliphatic carbocycles. The highest BCUT2D eigenvalue weighted by Gasteiger charge is 2.23. The van der Waals surface area contributed by atoms with Crippen LogP contribution in [0, 0.1) is 0 Å². The van der Waals surface area contributed by atoms with Crippen LogP contribution in [0.15, 0.2) is 18.2 Å². The van der Waals surface area contributed by atoms with Gasteiger partial charge in [0.1, 0.15) is 0 Å². The molecule has 1 unspecified atom stereocenters. The van der Waals surface area contributed by atoms with Gasteiger partial charge in [-0.25, -0.2) is 10.9 Å². The first-order chi connectivity index (χ1) is 8.24. The molecule has 18 heavy (non-hydrogen) atoms. The number of methoxy groups -OCH3 is 2. The van der Waals surface area contributed by atoms with Crippen LogP contribution in [-0.4, -0.2) is 26.7 Å². The van der Waals surface area contributed by atoms with E-state index in [0.717, 1.165) is 5.56 Å². The van der Waals surface area contributed by atoms with Crippen molar-refractivity contribution in [3.05, 3.63) is 23.8 Å².